The van der Waals surface area contributed by atoms with Crippen LogP contribution in [0.5, 0.6) is 5.75 Å². The lowest BCUT2D eigenvalue weighted by Gasteiger charge is -2.13. The summed E-state index contributed by atoms with van der Waals surface area (Å²) in [5.41, 5.74) is 1.89. The van der Waals surface area contributed by atoms with E-state index in [1.54, 1.807) is 36.4 Å². The van der Waals surface area contributed by atoms with Crippen molar-refractivity contribution in [2.45, 2.75) is 26.9 Å². The maximum absolute atomic E-state index is 12.4. The highest BCUT2D eigenvalue weighted by molar-refractivity contribution is 6.31. The van der Waals surface area contributed by atoms with E-state index in [4.69, 9.17) is 27.9 Å². The summed E-state index contributed by atoms with van der Waals surface area (Å²) >= 11 is 12.1. The molecule has 0 bridgehead atoms. The minimum Gasteiger partial charge on any atom is -0.490 e. The van der Waals surface area contributed by atoms with E-state index in [0.29, 0.717) is 27.0 Å². The molecule has 0 saturated carbocycles. The van der Waals surface area contributed by atoms with Crippen LogP contribution >= 0.6 is 23.2 Å². The molecular formula is C20H18Cl2N2O2. The molecule has 2 rings (SSSR count). The first-order chi connectivity index (χ1) is 12.3. The summed E-state index contributed by atoms with van der Waals surface area (Å²) in [5, 5.41) is 13.1. The fourth-order valence-corrected chi connectivity index (χ4v) is 2.53. The highest BCUT2D eigenvalue weighted by Crippen LogP contribution is 2.27. The number of hydrogen-bond donors (Lipinski definition) is 1. The van der Waals surface area contributed by atoms with Gasteiger partial charge in [-0.05, 0) is 62.7 Å². The van der Waals surface area contributed by atoms with E-state index in [-0.39, 0.29) is 11.7 Å². The van der Waals surface area contributed by atoms with Gasteiger partial charge in [-0.2, -0.15) is 5.26 Å². The summed E-state index contributed by atoms with van der Waals surface area (Å²) in [6, 6.07) is 12.1. The van der Waals surface area contributed by atoms with E-state index >= 15 is 0 Å². The SMILES string of the molecule is Cc1ccc(NC(=O)/C(C#N)=C/c2cc(Cl)ccc2OC(C)C)cc1Cl. The number of nitrogens with one attached hydrogen (secondary N) is 1. The Morgan fingerprint density at radius 1 is 1.23 bits per heavy atom. The standard InChI is InChI=1S/C20H18Cl2N2O2/c1-12(2)26-19-7-5-16(21)9-14(19)8-15(11-23)20(25)24-17-6-4-13(3)18(22)10-17/h4-10,12H,1-3H3,(H,24,25)/b15-8+. The Morgan fingerprint density at radius 2 is 1.96 bits per heavy atom. The van der Waals surface area contributed by atoms with Crippen molar-refractivity contribution >= 4 is 40.9 Å². The molecule has 26 heavy (non-hydrogen) atoms. The second-order valence-corrected chi connectivity index (χ2v) is 6.78. The molecule has 0 saturated heterocycles. The Hall–Kier alpha value is -2.48. The highest BCUT2D eigenvalue weighted by Gasteiger charge is 2.13. The number of nitrogens with zero attached hydrogens (tertiary/aromatic N) is 1. The third-order valence-corrected chi connectivity index (χ3v) is 4.07. The van der Waals surface area contributed by atoms with Gasteiger partial charge in [-0.1, -0.05) is 29.3 Å². The van der Waals surface area contributed by atoms with Gasteiger partial charge in [0.2, 0.25) is 0 Å². The van der Waals surface area contributed by atoms with Gasteiger partial charge in [0.25, 0.3) is 5.91 Å². The largest absolute Gasteiger partial charge is 0.490 e. The van der Waals surface area contributed by atoms with E-state index in [9.17, 15) is 10.1 Å². The summed E-state index contributed by atoms with van der Waals surface area (Å²) in [5.74, 6) is 0.00576. The second-order valence-electron chi connectivity index (χ2n) is 5.94. The van der Waals surface area contributed by atoms with Crippen LogP contribution in [-0.2, 0) is 4.79 Å². The minimum atomic E-state index is -0.539. The quantitative estimate of drug-likeness (QED) is 0.532. The Labute approximate surface area is 163 Å². The lowest BCUT2D eigenvalue weighted by atomic mass is 10.1. The first kappa shape index (κ1) is 19.8. The Balaban J connectivity index is 2.32. The number of anilines is 1. The zero-order chi connectivity index (χ0) is 19.3. The molecule has 0 heterocycles. The Bertz CT molecular complexity index is 899. The zero-order valence-electron chi connectivity index (χ0n) is 14.6. The smallest absolute Gasteiger partial charge is 0.266 e. The average molecular weight is 389 g/mol. The van der Waals surface area contributed by atoms with Gasteiger partial charge >= 0.3 is 0 Å². The van der Waals surface area contributed by atoms with Gasteiger partial charge in [-0.3, -0.25) is 4.79 Å². The molecule has 2 aromatic rings. The number of halogens is 2. The summed E-state index contributed by atoms with van der Waals surface area (Å²) in [6.07, 6.45) is 1.40. The van der Waals surface area contributed by atoms with Crippen LogP contribution in [0.3, 0.4) is 0 Å². The molecule has 2 aromatic carbocycles. The van der Waals surface area contributed by atoms with E-state index in [1.807, 2.05) is 26.8 Å². The van der Waals surface area contributed by atoms with Gasteiger partial charge in [0, 0.05) is 21.3 Å². The molecule has 0 aromatic heterocycles. The van der Waals surface area contributed by atoms with Crippen LogP contribution < -0.4 is 10.1 Å². The molecule has 6 heteroatoms. The number of ether oxygens (including phenoxy) is 1. The lowest BCUT2D eigenvalue weighted by molar-refractivity contribution is -0.112. The van der Waals surface area contributed by atoms with Crippen LogP contribution in [0, 0.1) is 18.3 Å². The van der Waals surface area contributed by atoms with Gasteiger partial charge in [0.15, 0.2) is 0 Å². The number of aryl methyl sites for hydroxylation is 1. The maximum Gasteiger partial charge on any atom is 0.266 e. The Kier molecular flexibility index (Phi) is 6.68. The molecule has 0 aliphatic rings. The van der Waals surface area contributed by atoms with Crippen LogP contribution in [0.4, 0.5) is 5.69 Å². The maximum atomic E-state index is 12.4. The van der Waals surface area contributed by atoms with Crippen molar-refractivity contribution in [1.82, 2.24) is 0 Å². The van der Waals surface area contributed by atoms with Crippen molar-refractivity contribution in [3.8, 4) is 11.8 Å². The molecular weight excluding hydrogens is 371 g/mol. The molecule has 0 atom stereocenters. The molecule has 0 spiro atoms. The topological polar surface area (TPSA) is 62.1 Å². The molecule has 4 nitrogen and oxygen atoms in total. The zero-order valence-corrected chi connectivity index (χ0v) is 16.2. The molecule has 0 aliphatic carbocycles. The highest BCUT2D eigenvalue weighted by atomic mass is 35.5. The number of nitriles is 1. The number of hydrogen-bond acceptors (Lipinski definition) is 3. The molecule has 0 fully saturated rings. The number of amides is 1. The monoisotopic (exact) mass is 388 g/mol. The number of rotatable bonds is 5. The Morgan fingerprint density at radius 3 is 2.58 bits per heavy atom. The van der Waals surface area contributed by atoms with Crippen molar-refractivity contribution in [2.24, 2.45) is 0 Å². The second kappa shape index (κ2) is 8.75. The van der Waals surface area contributed by atoms with Crippen molar-refractivity contribution in [3.05, 3.63) is 63.1 Å². The molecule has 0 aliphatic heterocycles. The average Bonchev–Trinajstić information content (AvgIpc) is 2.57. The first-order valence-electron chi connectivity index (χ1n) is 7.95. The number of benzene rings is 2. The van der Waals surface area contributed by atoms with Crippen molar-refractivity contribution in [1.29, 1.82) is 5.26 Å². The fourth-order valence-electron chi connectivity index (χ4n) is 2.17. The van der Waals surface area contributed by atoms with Gasteiger partial charge in [-0.15, -0.1) is 0 Å². The molecule has 1 amide bonds. The lowest BCUT2D eigenvalue weighted by Crippen LogP contribution is -2.13. The molecule has 0 radical (unpaired) electrons. The van der Waals surface area contributed by atoms with Gasteiger partial charge in [0.1, 0.15) is 17.4 Å². The normalized spacial score (nSPS) is 11.2. The van der Waals surface area contributed by atoms with E-state index in [0.717, 1.165) is 5.56 Å². The van der Waals surface area contributed by atoms with Crippen LogP contribution in [0.1, 0.15) is 25.0 Å². The number of carbonyl (C=O) groups excluding carboxylic acids is 1. The molecule has 1 N–H and O–H groups in total. The van der Waals surface area contributed by atoms with Gasteiger partial charge in [-0.25, -0.2) is 0 Å². The van der Waals surface area contributed by atoms with Crippen molar-refractivity contribution in [2.75, 3.05) is 5.32 Å². The van der Waals surface area contributed by atoms with E-state index < -0.39 is 5.91 Å². The molecule has 0 unspecified atom stereocenters. The van der Waals surface area contributed by atoms with Crippen LogP contribution in [0.25, 0.3) is 6.08 Å². The third kappa shape index (κ3) is 5.26. The predicted octanol–water partition coefficient (Wildman–Crippen LogP) is 5.63. The fraction of sp³-hybridized carbons (Fsp3) is 0.200. The summed E-state index contributed by atoms with van der Waals surface area (Å²) < 4.78 is 5.71. The van der Waals surface area contributed by atoms with E-state index in [1.165, 1.54) is 6.08 Å². The van der Waals surface area contributed by atoms with Crippen molar-refractivity contribution in [3.63, 3.8) is 0 Å². The van der Waals surface area contributed by atoms with Crippen LogP contribution in [-0.4, -0.2) is 12.0 Å². The van der Waals surface area contributed by atoms with Gasteiger partial charge < -0.3 is 10.1 Å². The first-order valence-corrected chi connectivity index (χ1v) is 8.71. The molecule has 134 valence electrons. The van der Waals surface area contributed by atoms with Crippen molar-refractivity contribution < 1.29 is 9.53 Å². The summed E-state index contributed by atoms with van der Waals surface area (Å²) in [7, 11) is 0. The van der Waals surface area contributed by atoms with Crippen LogP contribution in [0.2, 0.25) is 10.0 Å². The minimum absolute atomic E-state index is 0.0580. The number of carbonyl (C=O) groups is 1. The predicted molar refractivity (Wildman–Crippen MR) is 106 cm³/mol. The van der Waals surface area contributed by atoms with Crippen LogP contribution in [0.15, 0.2) is 42.0 Å². The summed E-state index contributed by atoms with van der Waals surface area (Å²) in [4.78, 5) is 12.4. The third-order valence-electron chi connectivity index (χ3n) is 3.43. The van der Waals surface area contributed by atoms with E-state index in [2.05, 4.69) is 5.32 Å². The van der Waals surface area contributed by atoms with Gasteiger partial charge in [0.05, 0.1) is 6.10 Å². The summed E-state index contributed by atoms with van der Waals surface area (Å²) in [6.45, 7) is 5.65.